The number of hydrogen-bond donors (Lipinski definition) is 1. The average molecular weight is 892 g/mol. The van der Waals surface area contributed by atoms with Gasteiger partial charge in [-0.1, -0.05) is 52.3 Å². The Morgan fingerprint density at radius 3 is 1.39 bits per heavy atom. The Morgan fingerprint density at radius 2 is 1.02 bits per heavy atom. The first-order valence-corrected chi connectivity index (χ1v) is 21.9. The molecule has 0 saturated heterocycles. The summed E-state index contributed by atoms with van der Waals surface area (Å²) in [5.74, 6) is 0.386. The van der Waals surface area contributed by atoms with Gasteiger partial charge in [0.05, 0.1) is 29.7 Å². The molecule has 0 saturated carbocycles. The Morgan fingerprint density at radius 1 is 0.632 bits per heavy atom. The molecule has 0 fully saturated rings. The summed E-state index contributed by atoms with van der Waals surface area (Å²) in [6, 6.07) is 24.1. The molecule has 312 valence electrons. The highest BCUT2D eigenvalue weighted by molar-refractivity contribution is 9.09. The van der Waals surface area contributed by atoms with Crippen molar-refractivity contribution in [3.8, 4) is 11.5 Å². The Hall–Kier alpha value is -4.60. The zero-order valence-electron chi connectivity index (χ0n) is 34.7. The van der Waals surface area contributed by atoms with Crippen molar-refractivity contribution in [3.63, 3.8) is 0 Å². The molecule has 4 aromatic rings. The number of nitrogens with one attached hydrogen (secondary N) is 1. The highest BCUT2D eigenvalue weighted by Gasteiger charge is 2.32. The third-order valence-electron chi connectivity index (χ3n) is 7.45. The standard InChI is InChI=1S/C21H27NO5S.C15H17NO3S.C6H11BrO2/c1-15-12-18(26-6)13-16(2)20(15)28(24,25)22(17-10-8-7-9-11-17)14-19(23)27-21(3,4)5;1-11-9-14(19-3)10-12(2)15(11)20(17,18)16-13-7-5-4-6-8-13;1-6(2,3)9-5(8)4-7/h7-13H,14H2,1-6H3;4-10,16H,1-3H3;4H2,1-3H3. The van der Waals surface area contributed by atoms with Crippen LogP contribution in [0.3, 0.4) is 0 Å². The lowest BCUT2D eigenvalue weighted by atomic mass is 10.1. The number of benzene rings is 4. The Kier molecular flexibility index (Phi) is 17.6. The molecule has 57 heavy (non-hydrogen) atoms. The first-order valence-electron chi connectivity index (χ1n) is 17.8. The number of carbonyl (C=O) groups is 2. The molecule has 0 bridgehead atoms. The molecule has 0 aliphatic rings. The van der Waals surface area contributed by atoms with E-state index in [2.05, 4.69) is 20.7 Å². The second-order valence-electron chi connectivity index (χ2n) is 14.8. The highest BCUT2D eigenvalue weighted by atomic mass is 79.9. The molecule has 4 aromatic carbocycles. The van der Waals surface area contributed by atoms with Gasteiger partial charge in [-0.3, -0.25) is 18.6 Å². The van der Waals surface area contributed by atoms with Crippen LogP contribution in [0, 0.1) is 27.7 Å². The van der Waals surface area contributed by atoms with Gasteiger partial charge < -0.3 is 18.9 Å². The minimum absolute atomic E-state index is 0.153. The molecular formula is C42H55BrN2O10S2. The third-order valence-corrected chi connectivity index (χ3v) is 11.7. The van der Waals surface area contributed by atoms with Gasteiger partial charge in [-0.25, -0.2) is 16.8 Å². The number of rotatable bonds is 11. The van der Waals surface area contributed by atoms with Crippen molar-refractivity contribution >= 4 is 59.3 Å². The van der Waals surface area contributed by atoms with Gasteiger partial charge in [0.25, 0.3) is 20.0 Å². The van der Waals surface area contributed by atoms with E-state index in [-0.39, 0.29) is 21.8 Å². The zero-order valence-corrected chi connectivity index (χ0v) is 37.9. The summed E-state index contributed by atoms with van der Waals surface area (Å²) < 4.78 is 76.4. The van der Waals surface area contributed by atoms with Crippen molar-refractivity contribution in [2.24, 2.45) is 0 Å². The molecular weight excluding hydrogens is 837 g/mol. The molecule has 0 spiro atoms. The van der Waals surface area contributed by atoms with Crippen LogP contribution >= 0.6 is 15.9 Å². The van der Waals surface area contributed by atoms with E-state index in [0.717, 1.165) is 4.31 Å². The minimum Gasteiger partial charge on any atom is -0.497 e. The number of halogens is 1. The second kappa shape index (κ2) is 20.7. The maximum atomic E-state index is 13.6. The van der Waals surface area contributed by atoms with Crippen molar-refractivity contribution < 1.29 is 45.4 Å². The van der Waals surface area contributed by atoms with Crippen molar-refractivity contribution in [1.82, 2.24) is 0 Å². The fraction of sp³-hybridized carbons (Fsp3) is 0.381. The van der Waals surface area contributed by atoms with E-state index in [1.807, 2.05) is 26.8 Å². The Bertz CT molecular complexity index is 2140. The summed E-state index contributed by atoms with van der Waals surface area (Å²) in [7, 11) is -4.53. The van der Waals surface area contributed by atoms with Gasteiger partial charge >= 0.3 is 11.9 Å². The highest BCUT2D eigenvalue weighted by Crippen LogP contribution is 2.31. The number of aryl methyl sites for hydroxylation is 4. The maximum Gasteiger partial charge on any atom is 0.327 e. The van der Waals surface area contributed by atoms with E-state index in [1.54, 1.807) is 134 Å². The van der Waals surface area contributed by atoms with E-state index in [4.69, 9.17) is 18.9 Å². The van der Waals surface area contributed by atoms with Crippen LogP contribution in [0.4, 0.5) is 11.4 Å². The predicted molar refractivity (Wildman–Crippen MR) is 229 cm³/mol. The summed E-state index contributed by atoms with van der Waals surface area (Å²) in [5.41, 5.74) is 2.27. The van der Waals surface area contributed by atoms with Crippen LogP contribution in [0.25, 0.3) is 0 Å². The van der Waals surface area contributed by atoms with Crippen LogP contribution in [0.5, 0.6) is 11.5 Å². The van der Waals surface area contributed by atoms with Crippen LogP contribution in [0.1, 0.15) is 63.8 Å². The largest absolute Gasteiger partial charge is 0.497 e. The second-order valence-corrected chi connectivity index (χ2v) is 18.8. The smallest absolute Gasteiger partial charge is 0.327 e. The van der Waals surface area contributed by atoms with Gasteiger partial charge in [0.2, 0.25) is 0 Å². The van der Waals surface area contributed by atoms with Crippen LogP contribution in [0.15, 0.2) is 94.7 Å². The number of methoxy groups -OCH3 is 2. The Balaban J connectivity index is 0.000000335. The topological polar surface area (TPSA) is 155 Å². The quantitative estimate of drug-likeness (QED) is 0.114. The molecule has 0 amide bonds. The van der Waals surface area contributed by atoms with Crippen LogP contribution < -0.4 is 18.5 Å². The summed E-state index contributed by atoms with van der Waals surface area (Å²) in [6.07, 6.45) is 0. The summed E-state index contributed by atoms with van der Waals surface area (Å²) in [4.78, 5) is 23.4. The number of anilines is 2. The SMILES string of the molecule is CC(C)(C)OC(=O)CBr.COc1cc(C)c(S(=O)(=O)N(CC(=O)OC(C)(C)C)c2ccccc2)c(C)c1.COc1cc(C)c(S(=O)(=O)Nc2ccccc2)c(C)c1. The number of alkyl halides is 1. The number of hydrogen-bond acceptors (Lipinski definition) is 10. The molecule has 12 nitrogen and oxygen atoms in total. The number of ether oxygens (including phenoxy) is 4. The number of para-hydroxylation sites is 2. The molecule has 0 radical (unpaired) electrons. The molecule has 0 heterocycles. The predicted octanol–water partition coefficient (Wildman–Crippen LogP) is 8.68. The van der Waals surface area contributed by atoms with Crippen molar-refractivity contribution in [2.75, 3.05) is 35.1 Å². The molecule has 0 aromatic heterocycles. The molecule has 4 rings (SSSR count). The fourth-order valence-electron chi connectivity index (χ4n) is 5.48. The lowest BCUT2D eigenvalue weighted by molar-refractivity contribution is -0.153. The lowest BCUT2D eigenvalue weighted by Gasteiger charge is -2.27. The van der Waals surface area contributed by atoms with Gasteiger partial charge in [-0.2, -0.15) is 0 Å². The van der Waals surface area contributed by atoms with E-state index < -0.39 is 38.2 Å². The van der Waals surface area contributed by atoms with Crippen LogP contribution in [-0.2, 0) is 39.1 Å². The van der Waals surface area contributed by atoms with Crippen molar-refractivity contribution in [1.29, 1.82) is 0 Å². The van der Waals surface area contributed by atoms with Gasteiger partial charge in [-0.05, 0) is 140 Å². The number of esters is 2. The molecule has 0 unspecified atom stereocenters. The molecule has 1 N–H and O–H groups in total. The van der Waals surface area contributed by atoms with Crippen LogP contribution in [0.2, 0.25) is 0 Å². The minimum atomic E-state index is -4.01. The van der Waals surface area contributed by atoms with Gasteiger partial charge in [0, 0.05) is 5.69 Å². The van der Waals surface area contributed by atoms with Gasteiger partial charge in [0.1, 0.15) is 34.6 Å². The lowest BCUT2D eigenvalue weighted by Crippen LogP contribution is -2.39. The molecule has 0 aliphatic carbocycles. The molecule has 0 aliphatic heterocycles. The normalized spacial score (nSPS) is 11.5. The number of carbonyl (C=O) groups excluding carboxylic acids is 2. The van der Waals surface area contributed by atoms with Crippen molar-refractivity contribution in [2.45, 2.75) is 90.2 Å². The van der Waals surface area contributed by atoms with Gasteiger partial charge in [0.15, 0.2) is 0 Å². The molecule has 15 heteroatoms. The third kappa shape index (κ3) is 15.3. The monoisotopic (exact) mass is 890 g/mol. The Labute approximate surface area is 347 Å². The van der Waals surface area contributed by atoms with Gasteiger partial charge in [-0.15, -0.1) is 0 Å². The summed E-state index contributed by atoms with van der Waals surface area (Å²) >= 11 is 2.99. The average Bonchev–Trinajstić information content (AvgIpc) is 3.09. The summed E-state index contributed by atoms with van der Waals surface area (Å²) in [6.45, 7) is 17.3. The van der Waals surface area contributed by atoms with E-state index >= 15 is 0 Å². The number of nitrogens with zero attached hydrogens (tertiary/aromatic N) is 1. The first kappa shape index (κ1) is 48.5. The first-order chi connectivity index (χ1) is 26.3. The maximum absolute atomic E-state index is 13.6. The zero-order chi connectivity index (χ0) is 43.4. The van der Waals surface area contributed by atoms with Crippen LogP contribution in [-0.4, -0.2) is 66.1 Å². The molecule has 0 atom stereocenters. The summed E-state index contributed by atoms with van der Waals surface area (Å²) in [5, 5.41) is 0.268. The van der Waals surface area contributed by atoms with E-state index in [1.165, 1.54) is 7.11 Å². The van der Waals surface area contributed by atoms with E-state index in [9.17, 15) is 26.4 Å². The van der Waals surface area contributed by atoms with E-state index in [0.29, 0.717) is 50.0 Å². The fourth-order valence-corrected chi connectivity index (χ4v) is 8.93. The number of sulfonamides is 2. The van der Waals surface area contributed by atoms with Crippen molar-refractivity contribution in [3.05, 3.63) is 107 Å².